The number of carbonyl (C=O) groups is 1. The average Bonchev–Trinajstić information content (AvgIpc) is 2.96. The average molecular weight is 320 g/mol. The molecular formula is C16H11F3N2O2. The van der Waals surface area contributed by atoms with Crippen molar-refractivity contribution < 1.29 is 22.7 Å². The van der Waals surface area contributed by atoms with Crippen LogP contribution in [0, 0.1) is 0 Å². The molecule has 1 aromatic carbocycles. The van der Waals surface area contributed by atoms with Gasteiger partial charge in [-0.3, -0.25) is 4.40 Å². The molecule has 0 aliphatic carbocycles. The van der Waals surface area contributed by atoms with E-state index in [4.69, 9.17) is 0 Å². The summed E-state index contributed by atoms with van der Waals surface area (Å²) in [7, 11) is 1.27. The quantitative estimate of drug-likeness (QED) is 0.675. The highest BCUT2D eigenvalue weighted by Gasteiger charge is 2.30. The highest BCUT2D eigenvalue weighted by atomic mass is 19.4. The second-order valence-corrected chi connectivity index (χ2v) is 4.86. The van der Waals surface area contributed by atoms with Crippen molar-refractivity contribution in [3.63, 3.8) is 0 Å². The van der Waals surface area contributed by atoms with Crippen LogP contribution in [-0.4, -0.2) is 22.5 Å². The topological polar surface area (TPSA) is 43.6 Å². The lowest BCUT2D eigenvalue weighted by Gasteiger charge is -2.09. The molecule has 0 unspecified atom stereocenters. The molecule has 3 aromatic rings. The molecule has 0 spiro atoms. The fourth-order valence-corrected chi connectivity index (χ4v) is 2.29. The maximum absolute atomic E-state index is 12.8. The van der Waals surface area contributed by atoms with Gasteiger partial charge in [-0.1, -0.05) is 12.1 Å². The number of esters is 1. The molecule has 0 saturated carbocycles. The lowest BCUT2D eigenvalue weighted by atomic mass is 10.1. The molecule has 0 amide bonds. The van der Waals surface area contributed by atoms with Gasteiger partial charge in [0, 0.05) is 11.8 Å². The van der Waals surface area contributed by atoms with E-state index in [2.05, 4.69) is 9.72 Å². The van der Waals surface area contributed by atoms with E-state index in [1.54, 1.807) is 16.7 Å². The minimum Gasteiger partial charge on any atom is -0.465 e. The summed E-state index contributed by atoms with van der Waals surface area (Å²) in [6, 6.07) is 8.05. The van der Waals surface area contributed by atoms with Crippen LogP contribution >= 0.6 is 0 Å². The van der Waals surface area contributed by atoms with Crippen LogP contribution in [-0.2, 0) is 10.9 Å². The lowest BCUT2D eigenvalue weighted by Crippen LogP contribution is -2.05. The number of pyridine rings is 1. The molecule has 118 valence electrons. The number of ether oxygens (including phenoxy) is 1. The predicted octanol–water partition coefficient (Wildman–Crippen LogP) is 3.81. The van der Waals surface area contributed by atoms with Gasteiger partial charge in [0.05, 0.1) is 30.1 Å². The van der Waals surface area contributed by atoms with Gasteiger partial charge < -0.3 is 4.74 Å². The smallest absolute Gasteiger partial charge is 0.416 e. The molecule has 2 aromatic heterocycles. The number of fused-ring (bicyclic) bond motifs is 1. The second kappa shape index (κ2) is 5.42. The summed E-state index contributed by atoms with van der Waals surface area (Å²) >= 11 is 0. The largest absolute Gasteiger partial charge is 0.465 e. The molecule has 0 aliphatic rings. The number of halogens is 3. The Balaban J connectivity index is 2.09. The number of aromatic nitrogens is 2. The summed E-state index contributed by atoms with van der Waals surface area (Å²) < 4.78 is 44.7. The molecule has 0 atom stereocenters. The molecule has 0 fully saturated rings. The highest BCUT2D eigenvalue weighted by Crippen LogP contribution is 2.32. The molecule has 0 bridgehead atoms. The Labute approximate surface area is 129 Å². The Kier molecular flexibility index (Phi) is 3.55. The van der Waals surface area contributed by atoms with E-state index in [1.807, 2.05) is 0 Å². The number of hydrogen-bond donors (Lipinski definition) is 0. The number of rotatable bonds is 2. The maximum Gasteiger partial charge on any atom is 0.416 e. The van der Waals surface area contributed by atoms with Crippen molar-refractivity contribution >= 4 is 11.6 Å². The fourth-order valence-electron chi connectivity index (χ4n) is 2.29. The van der Waals surface area contributed by atoms with E-state index in [-0.39, 0.29) is 0 Å². The third-order valence-electron chi connectivity index (χ3n) is 3.42. The van der Waals surface area contributed by atoms with Crippen molar-refractivity contribution in [2.24, 2.45) is 0 Å². The summed E-state index contributed by atoms with van der Waals surface area (Å²) in [6.07, 6.45) is -1.37. The Bertz CT molecular complexity index is 884. The van der Waals surface area contributed by atoms with Crippen molar-refractivity contribution in [3.8, 4) is 11.3 Å². The van der Waals surface area contributed by atoms with E-state index in [0.717, 1.165) is 12.1 Å². The minimum absolute atomic E-state index is 0.321. The molecule has 0 saturated heterocycles. The number of hydrogen-bond acceptors (Lipinski definition) is 3. The Morgan fingerprint density at radius 2 is 2.00 bits per heavy atom. The zero-order chi connectivity index (χ0) is 16.6. The molecule has 23 heavy (non-hydrogen) atoms. The normalized spacial score (nSPS) is 11.7. The van der Waals surface area contributed by atoms with Crippen LogP contribution in [0.3, 0.4) is 0 Å². The van der Waals surface area contributed by atoms with Gasteiger partial charge in [0.2, 0.25) is 0 Å². The third kappa shape index (κ3) is 2.77. The van der Waals surface area contributed by atoms with Crippen LogP contribution in [0.1, 0.15) is 15.9 Å². The third-order valence-corrected chi connectivity index (χ3v) is 3.42. The number of carbonyl (C=O) groups excluding carboxylic acids is 1. The number of methoxy groups -OCH3 is 1. The maximum atomic E-state index is 12.8. The number of imidazole rings is 1. The molecule has 0 radical (unpaired) electrons. The fraction of sp³-hybridized carbons (Fsp3) is 0.125. The highest BCUT2D eigenvalue weighted by molar-refractivity contribution is 5.90. The van der Waals surface area contributed by atoms with Crippen LogP contribution in [0.2, 0.25) is 0 Å². The molecular weight excluding hydrogens is 309 g/mol. The number of alkyl halides is 3. The van der Waals surface area contributed by atoms with E-state index in [9.17, 15) is 18.0 Å². The van der Waals surface area contributed by atoms with Crippen molar-refractivity contribution in [1.29, 1.82) is 0 Å². The van der Waals surface area contributed by atoms with Crippen LogP contribution in [0.5, 0.6) is 0 Å². The van der Waals surface area contributed by atoms with Gasteiger partial charge in [-0.05, 0) is 24.3 Å². The second-order valence-electron chi connectivity index (χ2n) is 4.86. The SMILES string of the molecule is COC(=O)c1ccn2c(-c3cccc(C(F)(F)F)c3)cnc2c1. The molecule has 2 heterocycles. The first-order valence-electron chi connectivity index (χ1n) is 6.63. The van der Waals surface area contributed by atoms with Crippen molar-refractivity contribution in [3.05, 3.63) is 59.9 Å². The van der Waals surface area contributed by atoms with E-state index < -0.39 is 17.7 Å². The van der Waals surface area contributed by atoms with Gasteiger partial charge in [0.25, 0.3) is 0 Å². The monoisotopic (exact) mass is 320 g/mol. The van der Waals surface area contributed by atoms with Gasteiger partial charge in [-0.25, -0.2) is 9.78 Å². The molecule has 0 aliphatic heterocycles. The van der Waals surface area contributed by atoms with Crippen LogP contribution < -0.4 is 0 Å². The molecule has 4 nitrogen and oxygen atoms in total. The Hall–Kier alpha value is -2.83. The zero-order valence-corrected chi connectivity index (χ0v) is 12.0. The van der Waals surface area contributed by atoms with Crippen molar-refractivity contribution in [1.82, 2.24) is 9.38 Å². The summed E-state index contributed by atoms with van der Waals surface area (Å²) in [4.78, 5) is 15.6. The van der Waals surface area contributed by atoms with Gasteiger partial charge in [0.1, 0.15) is 5.65 Å². The van der Waals surface area contributed by atoms with Crippen LogP contribution in [0.4, 0.5) is 13.2 Å². The van der Waals surface area contributed by atoms with Gasteiger partial charge in [0.15, 0.2) is 0 Å². The van der Waals surface area contributed by atoms with Crippen molar-refractivity contribution in [2.45, 2.75) is 6.18 Å². The Morgan fingerprint density at radius 1 is 1.22 bits per heavy atom. The molecule has 7 heteroatoms. The lowest BCUT2D eigenvalue weighted by molar-refractivity contribution is -0.137. The predicted molar refractivity (Wildman–Crippen MR) is 77.0 cm³/mol. The first-order valence-corrected chi connectivity index (χ1v) is 6.63. The standard InChI is InChI=1S/C16H11F3N2O2/c1-23-15(22)11-5-6-21-13(9-20-14(21)8-11)10-3-2-4-12(7-10)16(17,18)19/h2-9H,1H3. The van der Waals surface area contributed by atoms with Gasteiger partial charge in [-0.15, -0.1) is 0 Å². The van der Waals surface area contributed by atoms with E-state index in [1.165, 1.54) is 31.5 Å². The summed E-state index contributed by atoms with van der Waals surface area (Å²) in [5, 5.41) is 0. The Morgan fingerprint density at radius 3 is 2.70 bits per heavy atom. The van der Waals surface area contributed by atoms with E-state index in [0.29, 0.717) is 22.5 Å². The molecule has 0 N–H and O–H groups in total. The van der Waals surface area contributed by atoms with Crippen molar-refractivity contribution in [2.75, 3.05) is 7.11 Å². The summed E-state index contributed by atoms with van der Waals surface area (Å²) in [6.45, 7) is 0. The van der Waals surface area contributed by atoms with Crippen LogP contribution in [0.15, 0.2) is 48.8 Å². The van der Waals surface area contributed by atoms with E-state index >= 15 is 0 Å². The first kappa shape index (κ1) is 15.1. The van der Waals surface area contributed by atoms with Gasteiger partial charge >= 0.3 is 12.1 Å². The zero-order valence-electron chi connectivity index (χ0n) is 12.0. The minimum atomic E-state index is -4.41. The van der Waals surface area contributed by atoms with Gasteiger partial charge in [-0.2, -0.15) is 13.2 Å². The summed E-state index contributed by atoms with van der Waals surface area (Å²) in [5.74, 6) is -0.504. The summed E-state index contributed by atoms with van der Waals surface area (Å²) in [5.41, 5.74) is 0.929. The van der Waals surface area contributed by atoms with Crippen LogP contribution in [0.25, 0.3) is 16.9 Å². The first-order chi connectivity index (χ1) is 10.9. The number of benzene rings is 1. The molecule has 3 rings (SSSR count). The number of nitrogens with zero attached hydrogens (tertiary/aromatic N) is 2.